The molecular weight excluding hydrogens is 386 g/mol. The summed E-state index contributed by atoms with van der Waals surface area (Å²) < 4.78 is 0. The first kappa shape index (κ1) is 21.1. The summed E-state index contributed by atoms with van der Waals surface area (Å²) in [5, 5.41) is 3.41. The van der Waals surface area contributed by atoms with Gasteiger partial charge in [0.15, 0.2) is 0 Å². The zero-order valence-corrected chi connectivity index (χ0v) is 19.5. The van der Waals surface area contributed by atoms with Crippen LogP contribution >= 0.6 is 0 Å². The molecule has 0 spiro atoms. The number of benzene rings is 2. The minimum Gasteiger partial charge on any atom is -0.385 e. The van der Waals surface area contributed by atoms with E-state index in [1.165, 1.54) is 42.4 Å². The Hall–Kier alpha value is -2.80. The molecule has 0 aliphatic heterocycles. The van der Waals surface area contributed by atoms with Gasteiger partial charge in [0.2, 0.25) is 0 Å². The minimum atomic E-state index is 0.308. The summed E-state index contributed by atoms with van der Waals surface area (Å²) in [5.41, 5.74) is 10.3. The van der Waals surface area contributed by atoms with Gasteiger partial charge < -0.3 is 5.32 Å². The maximum absolute atomic E-state index is 4.27. The Morgan fingerprint density at radius 2 is 1.88 bits per heavy atom. The van der Waals surface area contributed by atoms with Crippen LogP contribution < -0.4 is 5.32 Å². The third kappa shape index (κ3) is 3.68. The summed E-state index contributed by atoms with van der Waals surface area (Å²) in [5.74, 6) is 1.18. The Kier molecular flexibility index (Phi) is 5.67. The first-order valence-electron chi connectivity index (χ1n) is 12.3. The topological polar surface area (TPSA) is 12.0 Å². The van der Waals surface area contributed by atoms with Crippen LogP contribution in [0.5, 0.6) is 0 Å². The Morgan fingerprint density at radius 1 is 1.09 bits per heavy atom. The third-order valence-electron chi connectivity index (χ3n) is 8.13. The first-order chi connectivity index (χ1) is 15.6. The predicted molar refractivity (Wildman–Crippen MR) is 136 cm³/mol. The van der Waals surface area contributed by atoms with Gasteiger partial charge in [-0.25, -0.2) is 0 Å². The average molecular weight is 422 g/mol. The fraction of sp³-hybridized carbons (Fsp3) is 0.355. The molecule has 3 aliphatic rings. The van der Waals surface area contributed by atoms with Crippen LogP contribution in [0.2, 0.25) is 0 Å². The van der Waals surface area contributed by atoms with Crippen molar-refractivity contribution in [2.45, 2.75) is 51.9 Å². The van der Waals surface area contributed by atoms with E-state index in [1.54, 1.807) is 16.7 Å². The van der Waals surface area contributed by atoms with Crippen molar-refractivity contribution < 1.29 is 0 Å². The number of nitrogens with one attached hydrogen (secondary N) is 1. The Labute approximate surface area is 193 Å². The molecule has 0 heterocycles. The zero-order valence-electron chi connectivity index (χ0n) is 19.5. The van der Waals surface area contributed by atoms with Gasteiger partial charge in [-0.05, 0) is 72.6 Å². The van der Waals surface area contributed by atoms with Crippen molar-refractivity contribution in [1.82, 2.24) is 5.32 Å². The number of hydrogen-bond acceptors (Lipinski definition) is 1. The Bertz CT molecular complexity index is 1100. The van der Waals surface area contributed by atoms with Crippen molar-refractivity contribution in [1.29, 1.82) is 0 Å². The quantitative estimate of drug-likeness (QED) is 0.485. The molecule has 0 radical (unpaired) electrons. The van der Waals surface area contributed by atoms with Gasteiger partial charge in [-0.2, -0.15) is 0 Å². The van der Waals surface area contributed by atoms with E-state index < -0.39 is 0 Å². The lowest BCUT2D eigenvalue weighted by atomic mass is 9.67. The second-order valence-corrected chi connectivity index (χ2v) is 9.93. The molecule has 3 atom stereocenters. The first-order valence-corrected chi connectivity index (χ1v) is 12.3. The number of rotatable bonds is 7. The predicted octanol–water partition coefficient (Wildman–Crippen LogP) is 7.60. The van der Waals surface area contributed by atoms with Crippen LogP contribution in [0.1, 0.15) is 62.1 Å². The van der Waals surface area contributed by atoms with Crippen LogP contribution in [0.3, 0.4) is 0 Å². The lowest BCUT2D eigenvalue weighted by Crippen LogP contribution is -2.27. The summed E-state index contributed by atoms with van der Waals surface area (Å²) in [6.07, 6.45) is 13.6. The molecule has 3 aliphatic carbocycles. The van der Waals surface area contributed by atoms with E-state index in [9.17, 15) is 0 Å². The van der Waals surface area contributed by atoms with Crippen LogP contribution in [0.4, 0.5) is 0 Å². The molecule has 1 saturated carbocycles. The van der Waals surface area contributed by atoms with Gasteiger partial charge in [0.1, 0.15) is 0 Å². The van der Waals surface area contributed by atoms with Crippen molar-refractivity contribution in [2.24, 2.45) is 11.3 Å². The standard InChI is InChI=1S/C31H35N/c1-4-32-22(2)28-13-9-8-12-24(28)14-16-26-17-18-27-20-30-25(21-31(26,27)3)15-19-29(30)23-10-6-5-7-11-23/h5-13,15,19-20,26,29,32H,2,4,14,16-18,21H2,1,3H3. The molecule has 0 amide bonds. The van der Waals surface area contributed by atoms with Gasteiger partial charge in [0.25, 0.3) is 0 Å². The molecule has 32 heavy (non-hydrogen) atoms. The van der Waals surface area contributed by atoms with E-state index in [0.717, 1.165) is 24.6 Å². The molecule has 2 aromatic rings. The molecule has 164 valence electrons. The monoisotopic (exact) mass is 421 g/mol. The lowest BCUT2D eigenvalue weighted by Gasteiger charge is -2.37. The van der Waals surface area contributed by atoms with Gasteiger partial charge >= 0.3 is 0 Å². The van der Waals surface area contributed by atoms with Crippen molar-refractivity contribution in [3.8, 4) is 0 Å². The molecule has 0 bridgehead atoms. The highest BCUT2D eigenvalue weighted by Crippen LogP contribution is 2.58. The summed E-state index contributed by atoms with van der Waals surface area (Å²) in [6.45, 7) is 9.85. The Balaban J connectivity index is 1.33. The zero-order chi connectivity index (χ0) is 22.1. The smallest absolute Gasteiger partial charge is 0.0343 e. The van der Waals surface area contributed by atoms with Gasteiger partial charge in [0.05, 0.1) is 0 Å². The lowest BCUT2D eigenvalue weighted by molar-refractivity contribution is 0.256. The van der Waals surface area contributed by atoms with Gasteiger partial charge in [-0.15, -0.1) is 0 Å². The molecule has 3 unspecified atom stereocenters. The van der Waals surface area contributed by atoms with Crippen LogP contribution in [0, 0.1) is 11.3 Å². The SMILES string of the molecule is C=C(NCC)c1ccccc1CCC1CCC2=CC3=C(C=CC3c3ccccc3)CC21C. The maximum Gasteiger partial charge on any atom is 0.0343 e. The molecule has 5 rings (SSSR count). The van der Waals surface area contributed by atoms with Gasteiger partial charge in [0, 0.05) is 23.7 Å². The van der Waals surface area contributed by atoms with E-state index in [-0.39, 0.29) is 0 Å². The highest BCUT2D eigenvalue weighted by molar-refractivity contribution is 5.64. The number of allylic oxidation sites excluding steroid dienone is 6. The second kappa shape index (κ2) is 8.62. The molecule has 1 nitrogen and oxygen atoms in total. The van der Waals surface area contributed by atoms with Crippen molar-refractivity contribution in [3.05, 3.63) is 113 Å². The van der Waals surface area contributed by atoms with E-state index in [4.69, 9.17) is 0 Å². The molecular formula is C31H35N. The summed E-state index contributed by atoms with van der Waals surface area (Å²) in [6, 6.07) is 19.8. The van der Waals surface area contributed by atoms with Crippen molar-refractivity contribution in [3.63, 3.8) is 0 Å². The van der Waals surface area contributed by atoms with Crippen LogP contribution in [-0.2, 0) is 6.42 Å². The van der Waals surface area contributed by atoms with E-state index in [1.807, 2.05) is 0 Å². The number of fused-ring (bicyclic) bond motifs is 1. The number of hydrogen-bond donors (Lipinski definition) is 1. The summed E-state index contributed by atoms with van der Waals surface area (Å²) in [4.78, 5) is 0. The molecule has 0 saturated heterocycles. The van der Waals surface area contributed by atoms with Crippen LogP contribution in [0.15, 0.2) is 96.1 Å². The minimum absolute atomic E-state index is 0.308. The molecule has 1 N–H and O–H groups in total. The summed E-state index contributed by atoms with van der Waals surface area (Å²) >= 11 is 0. The highest BCUT2D eigenvalue weighted by atomic mass is 14.9. The fourth-order valence-corrected chi connectivity index (χ4v) is 6.31. The molecule has 1 fully saturated rings. The van der Waals surface area contributed by atoms with Crippen LogP contribution in [-0.4, -0.2) is 6.54 Å². The van der Waals surface area contributed by atoms with E-state index >= 15 is 0 Å². The van der Waals surface area contributed by atoms with Crippen molar-refractivity contribution >= 4 is 5.70 Å². The normalized spacial score (nSPS) is 26.0. The van der Waals surface area contributed by atoms with E-state index in [2.05, 4.69) is 98.6 Å². The largest absolute Gasteiger partial charge is 0.385 e. The Morgan fingerprint density at radius 3 is 2.69 bits per heavy atom. The molecule has 0 aromatic heterocycles. The van der Waals surface area contributed by atoms with Crippen molar-refractivity contribution in [2.75, 3.05) is 6.54 Å². The number of aryl methyl sites for hydroxylation is 1. The molecule has 2 aromatic carbocycles. The average Bonchev–Trinajstić information content (AvgIpc) is 3.36. The van der Waals surface area contributed by atoms with Gasteiger partial charge in [-0.3, -0.25) is 0 Å². The van der Waals surface area contributed by atoms with Gasteiger partial charge in [-0.1, -0.05) is 91.9 Å². The third-order valence-corrected chi connectivity index (χ3v) is 8.13. The maximum atomic E-state index is 4.27. The highest BCUT2D eigenvalue weighted by Gasteiger charge is 2.45. The van der Waals surface area contributed by atoms with Crippen LogP contribution in [0.25, 0.3) is 5.70 Å². The molecule has 1 heteroatoms. The van der Waals surface area contributed by atoms with E-state index in [0.29, 0.717) is 11.3 Å². The second-order valence-electron chi connectivity index (χ2n) is 9.93. The summed E-state index contributed by atoms with van der Waals surface area (Å²) in [7, 11) is 0. The fourth-order valence-electron chi connectivity index (χ4n) is 6.31.